The topological polar surface area (TPSA) is 77.0 Å². The normalized spacial score (nSPS) is 37.1. The number of nitrogen functional groups attached to an aromatic ring is 1. The molecule has 2 bridgehead atoms. The van der Waals surface area contributed by atoms with Gasteiger partial charge in [-0.15, -0.1) is 0 Å². The zero-order valence-corrected chi connectivity index (χ0v) is 7.23. The molecular weight excluding hydrogens is 168 g/mol. The number of anilines is 1. The summed E-state index contributed by atoms with van der Waals surface area (Å²) in [5.74, 6) is 1.35. The van der Waals surface area contributed by atoms with E-state index in [1.807, 2.05) is 0 Å². The number of hydrogen-bond donors (Lipinski definition) is 2. The summed E-state index contributed by atoms with van der Waals surface area (Å²) in [5, 5.41) is 7.13. The first-order chi connectivity index (χ1) is 6.33. The van der Waals surface area contributed by atoms with E-state index >= 15 is 0 Å². The molecule has 3 unspecified atom stereocenters. The number of nitrogens with two attached hydrogens (primary N) is 1. The van der Waals surface area contributed by atoms with Gasteiger partial charge in [0, 0.05) is 12.1 Å². The van der Waals surface area contributed by atoms with Gasteiger partial charge in [0.2, 0.25) is 5.89 Å². The van der Waals surface area contributed by atoms with E-state index in [2.05, 4.69) is 15.5 Å². The van der Waals surface area contributed by atoms with E-state index in [1.54, 1.807) is 0 Å². The Labute approximate surface area is 75.7 Å². The maximum atomic E-state index is 5.41. The van der Waals surface area contributed by atoms with E-state index in [0.717, 1.165) is 6.42 Å². The monoisotopic (exact) mass is 180 g/mol. The Morgan fingerprint density at radius 1 is 1.46 bits per heavy atom. The third-order valence-corrected chi connectivity index (χ3v) is 3.07. The lowest BCUT2D eigenvalue weighted by atomic mass is 9.89. The maximum absolute atomic E-state index is 5.41. The lowest BCUT2D eigenvalue weighted by Gasteiger charge is -2.15. The van der Waals surface area contributed by atoms with Gasteiger partial charge in [-0.05, 0) is 24.4 Å². The number of nitrogens with one attached hydrogen (secondary N) is 1. The Hall–Kier alpha value is -1.10. The molecule has 2 aliphatic rings. The minimum absolute atomic E-state index is 0.248. The molecule has 1 aromatic heterocycles. The number of fused-ring (bicyclic) bond motifs is 2. The molecular formula is C8H12N4O. The summed E-state index contributed by atoms with van der Waals surface area (Å²) in [4.78, 5) is 4.07. The summed E-state index contributed by atoms with van der Waals surface area (Å²) < 4.78 is 5.07. The Morgan fingerprint density at radius 3 is 2.92 bits per heavy atom. The van der Waals surface area contributed by atoms with E-state index in [1.165, 1.54) is 12.8 Å². The molecule has 0 radical (unpaired) electrons. The van der Waals surface area contributed by atoms with Crippen LogP contribution in [0.1, 0.15) is 31.1 Å². The van der Waals surface area contributed by atoms with E-state index in [-0.39, 0.29) is 5.95 Å². The average Bonchev–Trinajstić information content (AvgIpc) is 2.77. The molecule has 3 rings (SSSR count). The Balaban J connectivity index is 1.87. The maximum Gasteiger partial charge on any atom is 0.260 e. The molecule has 2 aliphatic heterocycles. The highest BCUT2D eigenvalue weighted by atomic mass is 16.5. The van der Waals surface area contributed by atoms with Crippen molar-refractivity contribution in [1.82, 2.24) is 15.5 Å². The van der Waals surface area contributed by atoms with Crippen molar-refractivity contribution in [2.24, 2.45) is 0 Å². The summed E-state index contributed by atoms with van der Waals surface area (Å²) in [6.45, 7) is 0. The standard InChI is InChI=1S/C8H12N4O/c9-8-11-7(13-12-8)5-3-4-1-2-6(5)10-4/h4-6,10H,1-3H2,(H2,9,12). The Bertz CT molecular complexity index is 324. The molecule has 5 nitrogen and oxygen atoms in total. The van der Waals surface area contributed by atoms with E-state index in [4.69, 9.17) is 10.3 Å². The molecule has 3 N–H and O–H groups in total. The average molecular weight is 180 g/mol. The zero-order chi connectivity index (χ0) is 8.84. The van der Waals surface area contributed by atoms with E-state index in [0.29, 0.717) is 23.9 Å². The van der Waals surface area contributed by atoms with Crippen LogP contribution in [0.15, 0.2) is 4.52 Å². The number of nitrogens with zero attached hydrogens (tertiary/aromatic N) is 2. The number of hydrogen-bond acceptors (Lipinski definition) is 5. The van der Waals surface area contributed by atoms with Gasteiger partial charge in [0.25, 0.3) is 5.95 Å². The van der Waals surface area contributed by atoms with Crippen LogP contribution in [-0.2, 0) is 0 Å². The number of aromatic nitrogens is 2. The largest absolute Gasteiger partial charge is 0.365 e. The van der Waals surface area contributed by atoms with Gasteiger partial charge in [-0.3, -0.25) is 0 Å². The summed E-state index contributed by atoms with van der Waals surface area (Å²) in [7, 11) is 0. The summed E-state index contributed by atoms with van der Waals surface area (Å²) in [6.07, 6.45) is 3.62. The van der Waals surface area contributed by atoms with Crippen molar-refractivity contribution in [3.63, 3.8) is 0 Å². The highest BCUT2D eigenvalue weighted by Gasteiger charge is 2.42. The van der Waals surface area contributed by atoms with Crippen LogP contribution in [-0.4, -0.2) is 22.2 Å². The van der Waals surface area contributed by atoms with Crippen molar-refractivity contribution in [3.8, 4) is 0 Å². The van der Waals surface area contributed by atoms with Crippen molar-refractivity contribution in [3.05, 3.63) is 5.89 Å². The third-order valence-electron chi connectivity index (χ3n) is 3.07. The van der Waals surface area contributed by atoms with Gasteiger partial charge in [0.1, 0.15) is 0 Å². The second kappa shape index (κ2) is 2.45. The van der Waals surface area contributed by atoms with Crippen LogP contribution in [0.4, 0.5) is 5.95 Å². The van der Waals surface area contributed by atoms with Gasteiger partial charge >= 0.3 is 0 Å². The first kappa shape index (κ1) is 7.32. The smallest absolute Gasteiger partial charge is 0.260 e. The van der Waals surface area contributed by atoms with Crippen LogP contribution in [0.5, 0.6) is 0 Å². The Morgan fingerprint density at radius 2 is 2.38 bits per heavy atom. The summed E-state index contributed by atoms with van der Waals surface area (Å²) >= 11 is 0. The van der Waals surface area contributed by atoms with Gasteiger partial charge in [-0.25, -0.2) is 0 Å². The molecule has 2 saturated heterocycles. The highest BCUT2D eigenvalue weighted by Crippen LogP contribution is 2.39. The SMILES string of the molecule is Nc1noc(C2CC3CCC2N3)n1. The molecule has 0 spiro atoms. The fourth-order valence-electron chi connectivity index (χ4n) is 2.49. The van der Waals surface area contributed by atoms with Crippen molar-refractivity contribution in [1.29, 1.82) is 0 Å². The molecule has 0 aromatic carbocycles. The van der Waals surface area contributed by atoms with Crippen LogP contribution >= 0.6 is 0 Å². The van der Waals surface area contributed by atoms with Crippen molar-refractivity contribution >= 4 is 5.95 Å². The molecule has 3 heterocycles. The zero-order valence-electron chi connectivity index (χ0n) is 7.23. The Kier molecular flexibility index (Phi) is 1.38. The molecule has 70 valence electrons. The predicted molar refractivity (Wildman–Crippen MR) is 46.0 cm³/mol. The third kappa shape index (κ3) is 1.03. The fraction of sp³-hybridized carbons (Fsp3) is 0.750. The fourth-order valence-corrected chi connectivity index (χ4v) is 2.49. The molecule has 3 atom stereocenters. The van der Waals surface area contributed by atoms with Gasteiger partial charge in [0.15, 0.2) is 0 Å². The minimum atomic E-state index is 0.248. The summed E-state index contributed by atoms with van der Waals surface area (Å²) in [5.41, 5.74) is 5.41. The van der Waals surface area contributed by atoms with Crippen molar-refractivity contribution in [2.45, 2.75) is 37.3 Å². The molecule has 5 heteroatoms. The van der Waals surface area contributed by atoms with Crippen LogP contribution in [0.3, 0.4) is 0 Å². The van der Waals surface area contributed by atoms with Crippen LogP contribution < -0.4 is 11.1 Å². The molecule has 2 fully saturated rings. The van der Waals surface area contributed by atoms with E-state index in [9.17, 15) is 0 Å². The van der Waals surface area contributed by atoms with Gasteiger partial charge in [-0.1, -0.05) is 0 Å². The summed E-state index contributed by atoms with van der Waals surface area (Å²) in [6, 6.07) is 1.19. The van der Waals surface area contributed by atoms with Gasteiger partial charge in [-0.2, -0.15) is 4.98 Å². The predicted octanol–water partition coefficient (Wildman–Crippen LogP) is 0.260. The van der Waals surface area contributed by atoms with Crippen LogP contribution in [0.25, 0.3) is 0 Å². The number of rotatable bonds is 1. The van der Waals surface area contributed by atoms with Gasteiger partial charge in [0.05, 0.1) is 5.92 Å². The first-order valence-corrected chi connectivity index (χ1v) is 4.68. The lowest BCUT2D eigenvalue weighted by Crippen LogP contribution is -2.21. The van der Waals surface area contributed by atoms with Crippen LogP contribution in [0.2, 0.25) is 0 Å². The molecule has 0 amide bonds. The van der Waals surface area contributed by atoms with E-state index < -0.39 is 0 Å². The lowest BCUT2D eigenvalue weighted by molar-refractivity contribution is 0.330. The second-order valence-electron chi connectivity index (χ2n) is 3.88. The minimum Gasteiger partial charge on any atom is -0.365 e. The van der Waals surface area contributed by atoms with Crippen molar-refractivity contribution in [2.75, 3.05) is 5.73 Å². The molecule has 13 heavy (non-hydrogen) atoms. The highest BCUT2D eigenvalue weighted by molar-refractivity contribution is 5.16. The van der Waals surface area contributed by atoms with Crippen LogP contribution in [0, 0.1) is 0 Å². The molecule has 0 aliphatic carbocycles. The second-order valence-corrected chi connectivity index (χ2v) is 3.88. The molecule has 1 aromatic rings. The van der Waals surface area contributed by atoms with Gasteiger partial charge < -0.3 is 15.6 Å². The van der Waals surface area contributed by atoms with Crippen molar-refractivity contribution < 1.29 is 4.52 Å². The quantitative estimate of drug-likeness (QED) is 0.648. The first-order valence-electron chi connectivity index (χ1n) is 4.68. The molecule has 0 saturated carbocycles.